The van der Waals surface area contributed by atoms with Crippen molar-refractivity contribution in [2.24, 2.45) is 7.05 Å². The fraction of sp³-hybridized carbons (Fsp3) is 0.353. The zero-order valence-corrected chi connectivity index (χ0v) is 13.8. The van der Waals surface area contributed by atoms with Gasteiger partial charge in [0.2, 0.25) is 0 Å². The number of rotatable bonds is 4. The van der Waals surface area contributed by atoms with Crippen LogP contribution in [0.25, 0.3) is 11.5 Å². The number of methoxy groups -OCH3 is 1. The standard InChI is InChI=1S/C17H19N5O2/c1-21-11-18-14-9-22(8-7-15(14)21)10-16-19-17(24-20-16)12-3-5-13(23-2)6-4-12/h3-6,11H,7-10H2,1-2H3. The monoisotopic (exact) mass is 325 g/mol. The van der Waals surface area contributed by atoms with Crippen LogP contribution in [0.15, 0.2) is 35.1 Å². The van der Waals surface area contributed by atoms with Crippen LogP contribution in [0.5, 0.6) is 5.75 Å². The average molecular weight is 325 g/mol. The van der Waals surface area contributed by atoms with E-state index in [2.05, 4.69) is 24.6 Å². The molecule has 24 heavy (non-hydrogen) atoms. The Labute approximate surface area is 139 Å². The molecule has 0 unspecified atom stereocenters. The lowest BCUT2D eigenvalue weighted by atomic mass is 10.1. The van der Waals surface area contributed by atoms with Gasteiger partial charge in [-0.3, -0.25) is 4.90 Å². The Bertz CT molecular complexity index is 837. The van der Waals surface area contributed by atoms with Crippen molar-refractivity contribution in [3.8, 4) is 17.2 Å². The average Bonchev–Trinajstić information content (AvgIpc) is 3.22. The van der Waals surface area contributed by atoms with Gasteiger partial charge in [-0.2, -0.15) is 4.98 Å². The molecule has 2 aromatic heterocycles. The van der Waals surface area contributed by atoms with Crippen molar-refractivity contribution in [2.45, 2.75) is 19.5 Å². The van der Waals surface area contributed by atoms with E-state index < -0.39 is 0 Å². The Kier molecular flexibility index (Phi) is 3.78. The number of aromatic nitrogens is 4. The first-order valence-electron chi connectivity index (χ1n) is 7.91. The second-order valence-electron chi connectivity index (χ2n) is 5.95. The van der Waals surface area contributed by atoms with Crippen LogP contribution in [0, 0.1) is 0 Å². The molecule has 0 aliphatic carbocycles. The Morgan fingerprint density at radius 1 is 1.25 bits per heavy atom. The molecule has 0 amide bonds. The largest absolute Gasteiger partial charge is 0.497 e. The van der Waals surface area contributed by atoms with E-state index in [0.29, 0.717) is 18.3 Å². The highest BCUT2D eigenvalue weighted by Crippen LogP contribution is 2.22. The maximum atomic E-state index is 5.39. The first-order chi connectivity index (χ1) is 11.7. The third kappa shape index (κ3) is 2.78. The minimum Gasteiger partial charge on any atom is -0.497 e. The van der Waals surface area contributed by atoms with Crippen LogP contribution in [0.4, 0.5) is 0 Å². The molecule has 124 valence electrons. The molecule has 0 fully saturated rings. The van der Waals surface area contributed by atoms with E-state index in [-0.39, 0.29) is 0 Å². The van der Waals surface area contributed by atoms with Gasteiger partial charge in [0, 0.05) is 37.8 Å². The van der Waals surface area contributed by atoms with Crippen molar-refractivity contribution in [1.29, 1.82) is 0 Å². The zero-order valence-electron chi connectivity index (χ0n) is 13.8. The molecule has 7 heteroatoms. The molecule has 1 aliphatic rings. The summed E-state index contributed by atoms with van der Waals surface area (Å²) < 4.78 is 12.7. The molecular formula is C17H19N5O2. The number of imidazole rings is 1. The maximum absolute atomic E-state index is 5.39. The molecule has 1 aromatic carbocycles. The van der Waals surface area contributed by atoms with E-state index >= 15 is 0 Å². The minimum absolute atomic E-state index is 0.531. The summed E-state index contributed by atoms with van der Waals surface area (Å²) >= 11 is 0. The number of aryl methyl sites for hydroxylation is 1. The molecule has 3 heterocycles. The molecule has 0 saturated carbocycles. The van der Waals surface area contributed by atoms with Gasteiger partial charge in [-0.25, -0.2) is 4.98 Å². The summed E-state index contributed by atoms with van der Waals surface area (Å²) in [7, 11) is 3.69. The van der Waals surface area contributed by atoms with Crippen LogP contribution in [-0.2, 0) is 26.6 Å². The van der Waals surface area contributed by atoms with Crippen molar-refractivity contribution in [1.82, 2.24) is 24.6 Å². The molecule has 1 aliphatic heterocycles. The van der Waals surface area contributed by atoms with Crippen LogP contribution < -0.4 is 4.74 Å². The first kappa shape index (κ1) is 14.9. The molecular weight excluding hydrogens is 306 g/mol. The summed E-state index contributed by atoms with van der Waals surface area (Å²) in [6.45, 7) is 2.46. The van der Waals surface area contributed by atoms with Crippen molar-refractivity contribution in [3.05, 3.63) is 47.8 Å². The van der Waals surface area contributed by atoms with Gasteiger partial charge in [-0.15, -0.1) is 0 Å². The van der Waals surface area contributed by atoms with E-state index in [4.69, 9.17) is 9.26 Å². The summed E-state index contributed by atoms with van der Waals surface area (Å²) in [6.07, 6.45) is 2.87. The van der Waals surface area contributed by atoms with Crippen LogP contribution in [0.1, 0.15) is 17.2 Å². The second kappa shape index (κ2) is 6.09. The van der Waals surface area contributed by atoms with Gasteiger partial charge >= 0.3 is 0 Å². The molecule has 0 N–H and O–H groups in total. The summed E-state index contributed by atoms with van der Waals surface area (Å²) in [4.78, 5) is 11.3. The quantitative estimate of drug-likeness (QED) is 0.731. The molecule has 0 bridgehead atoms. The van der Waals surface area contributed by atoms with Crippen LogP contribution in [-0.4, -0.2) is 38.2 Å². The van der Waals surface area contributed by atoms with Crippen LogP contribution in [0.2, 0.25) is 0 Å². The van der Waals surface area contributed by atoms with Crippen molar-refractivity contribution >= 4 is 0 Å². The van der Waals surface area contributed by atoms with Crippen molar-refractivity contribution < 1.29 is 9.26 Å². The van der Waals surface area contributed by atoms with E-state index in [0.717, 1.165) is 36.5 Å². The fourth-order valence-corrected chi connectivity index (χ4v) is 3.02. The third-order valence-corrected chi connectivity index (χ3v) is 4.35. The topological polar surface area (TPSA) is 69.2 Å². The number of fused-ring (bicyclic) bond motifs is 1. The Morgan fingerprint density at radius 3 is 2.88 bits per heavy atom. The van der Waals surface area contributed by atoms with Crippen LogP contribution >= 0.6 is 0 Å². The molecule has 0 radical (unpaired) electrons. The highest BCUT2D eigenvalue weighted by molar-refractivity contribution is 5.54. The highest BCUT2D eigenvalue weighted by Gasteiger charge is 2.21. The van der Waals surface area contributed by atoms with Gasteiger partial charge in [0.05, 0.1) is 25.7 Å². The molecule has 0 saturated heterocycles. The van der Waals surface area contributed by atoms with E-state index in [9.17, 15) is 0 Å². The van der Waals surface area contributed by atoms with Gasteiger partial charge in [0.1, 0.15) is 5.75 Å². The Balaban J connectivity index is 1.45. The van der Waals surface area contributed by atoms with Crippen molar-refractivity contribution in [2.75, 3.05) is 13.7 Å². The zero-order chi connectivity index (χ0) is 16.5. The van der Waals surface area contributed by atoms with Crippen LogP contribution in [0.3, 0.4) is 0 Å². The molecule has 3 aromatic rings. The van der Waals surface area contributed by atoms with E-state index in [1.54, 1.807) is 7.11 Å². The molecule has 0 atom stereocenters. The minimum atomic E-state index is 0.531. The van der Waals surface area contributed by atoms with E-state index in [1.807, 2.05) is 37.6 Å². The maximum Gasteiger partial charge on any atom is 0.257 e. The molecule has 4 rings (SSSR count). The van der Waals surface area contributed by atoms with Gasteiger partial charge < -0.3 is 13.8 Å². The lowest BCUT2D eigenvalue weighted by Gasteiger charge is -2.25. The van der Waals surface area contributed by atoms with Crippen molar-refractivity contribution in [3.63, 3.8) is 0 Å². The van der Waals surface area contributed by atoms with Gasteiger partial charge in [0.25, 0.3) is 5.89 Å². The van der Waals surface area contributed by atoms with Gasteiger partial charge in [-0.05, 0) is 24.3 Å². The number of hydrogen-bond acceptors (Lipinski definition) is 6. The second-order valence-corrected chi connectivity index (χ2v) is 5.95. The first-order valence-corrected chi connectivity index (χ1v) is 7.91. The van der Waals surface area contributed by atoms with Gasteiger partial charge in [0.15, 0.2) is 5.82 Å². The number of benzene rings is 1. The number of nitrogens with zero attached hydrogens (tertiary/aromatic N) is 5. The lowest BCUT2D eigenvalue weighted by Crippen LogP contribution is -2.31. The SMILES string of the molecule is COc1ccc(-c2nc(CN3CCc4c(ncn4C)C3)no2)cc1. The molecule has 0 spiro atoms. The third-order valence-electron chi connectivity index (χ3n) is 4.35. The highest BCUT2D eigenvalue weighted by atomic mass is 16.5. The predicted molar refractivity (Wildman–Crippen MR) is 87.3 cm³/mol. The number of hydrogen-bond donors (Lipinski definition) is 0. The summed E-state index contributed by atoms with van der Waals surface area (Å²) in [5.41, 5.74) is 3.35. The summed E-state index contributed by atoms with van der Waals surface area (Å²) in [5, 5.41) is 4.11. The smallest absolute Gasteiger partial charge is 0.257 e. The Morgan fingerprint density at radius 2 is 2.08 bits per heavy atom. The Hall–Kier alpha value is -2.67. The number of ether oxygens (including phenoxy) is 1. The molecule has 7 nitrogen and oxygen atoms in total. The van der Waals surface area contributed by atoms with Gasteiger partial charge in [-0.1, -0.05) is 5.16 Å². The summed E-state index contributed by atoms with van der Waals surface area (Å²) in [6, 6.07) is 7.59. The summed E-state index contributed by atoms with van der Waals surface area (Å²) in [5.74, 6) is 2.03. The lowest BCUT2D eigenvalue weighted by molar-refractivity contribution is 0.230. The predicted octanol–water partition coefficient (Wildman–Crippen LogP) is 2.04. The van der Waals surface area contributed by atoms with E-state index in [1.165, 1.54) is 5.69 Å². The fourth-order valence-electron chi connectivity index (χ4n) is 3.02. The normalized spacial score (nSPS) is 14.6.